The number of aliphatic hydroxyl groups excluding tert-OH is 7. The minimum atomic E-state index is -1.72. The zero-order valence-corrected chi connectivity index (χ0v) is 13.0. The summed E-state index contributed by atoms with van der Waals surface area (Å²) in [5.74, 6) is 0. The van der Waals surface area contributed by atoms with Gasteiger partial charge in [0.1, 0.15) is 48.8 Å². The fourth-order valence-electron chi connectivity index (χ4n) is 2.85. The van der Waals surface area contributed by atoms with Crippen LogP contribution in [0.1, 0.15) is 0 Å². The molecule has 0 spiro atoms. The molecular formula is C13H24O11. The van der Waals surface area contributed by atoms with E-state index in [4.69, 9.17) is 18.9 Å². The SMILES string of the molecule is CO[C@@H]1C(CO)O[C@@H](O[C@@H]2C(CO)O[C@@H](O)C(O)C2O)C(O)[C@H]1O. The van der Waals surface area contributed by atoms with Crippen LogP contribution in [-0.2, 0) is 18.9 Å². The van der Waals surface area contributed by atoms with E-state index in [0.29, 0.717) is 0 Å². The van der Waals surface area contributed by atoms with Crippen molar-refractivity contribution in [2.45, 2.75) is 61.4 Å². The predicted octanol–water partition coefficient (Wildman–Crippen LogP) is -4.74. The van der Waals surface area contributed by atoms with Gasteiger partial charge in [-0.3, -0.25) is 0 Å². The zero-order valence-electron chi connectivity index (χ0n) is 13.0. The molecule has 2 rings (SSSR count). The lowest BCUT2D eigenvalue weighted by Crippen LogP contribution is -2.64. The van der Waals surface area contributed by atoms with E-state index in [9.17, 15) is 35.7 Å². The van der Waals surface area contributed by atoms with Gasteiger partial charge < -0.3 is 54.7 Å². The molecule has 11 nitrogen and oxygen atoms in total. The highest BCUT2D eigenvalue weighted by atomic mass is 16.7. The summed E-state index contributed by atoms with van der Waals surface area (Å²) in [5.41, 5.74) is 0. The summed E-state index contributed by atoms with van der Waals surface area (Å²) in [6, 6.07) is 0. The second kappa shape index (κ2) is 8.29. The Morgan fingerprint density at radius 1 is 0.750 bits per heavy atom. The van der Waals surface area contributed by atoms with E-state index >= 15 is 0 Å². The Morgan fingerprint density at radius 2 is 1.29 bits per heavy atom. The molecule has 0 aromatic heterocycles. The topological polar surface area (TPSA) is 179 Å². The molecule has 0 aliphatic carbocycles. The molecule has 24 heavy (non-hydrogen) atoms. The van der Waals surface area contributed by atoms with Crippen molar-refractivity contribution >= 4 is 0 Å². The molecule has 0 aromatic carbocycles. The Labute approximate surface area is 137 Å². The summed E-state index contributed by atoms with van der Waals surface area (Å²) in [6.07, 6.45) is -14.2. The van der Waals surface area contributed by atoms with Crippen LogP contribution in [0.15, 0.2) is 0 Å². The maximum atomic E-state index is 10.1. The lowest BCUT2D eigenvalue weighted by atomic mass is 9.97. The van der Waals surface area contributed by atoms with Crippen molar-refractivity contribution in [3.05, 3.63) is 0 Å². The van der Waals surface area contributed by atoms with Crippen molar-refractivity contribution in [2.24, 2.45) is 0 Å². The summed E-state index contributed by atoms with van der Waals surface area (Å²) in [4.78, 5) is 0. The molecule has 0 radical (unpaired) electrons. The van der Waals surface area contributed by atoms with Gasteiger partial charge in [0.05, 0.1) is 13.2 Å². The maximum Gasteiger partial charge on any atom is 0.187 e. The predicted molar refractivity (Wildman–Crippen MR) is 73.4 cm³/mol. The van der Waals surface area contributed by atoms with Crippen LogP contribution in [0.5, 0.6) is 0 Å². The van der Waals surface area contributed by atoms with E-state index in [2.05, 4.69) is 0 Å². The summed E-state index contributed by atoms with van der Waals surface area (Å²) in [5, 5.41) is 67.8. The van der Waals surface area contributed by atoms with E-state index in [1.807, 2.05) is 0 Å². The Kier molecular flexibility index (Phi) is 6.87. The monoisotopic (exact) mass is 356 g/mol. The van der Waals surface area contributed by atoms with Gasteiger partial charge in [0, 0.05) is 7.11 Å². The molecule has 11 heteroatoms. The van der Waals surface area contributed by atoms with Crippen molar-refractivity contribution < 1.29 is 54.7 Å². The third kappa shape index (κ3) is 3.71. The minimum absolute atomic E-state index is 0.531. The number of methoxy groups -OCH3 is 1. The second-order valence-corrected chi connectivity index (χ2v) is 5.74. The second-order valence-electron chi connectivity index (χ2n) is 5.74. The molecule has 2 aliphatic heterocycles. The summed E-state index contributed by atoms with van der Waals surface area (Å²) >= 11 is 0. The summed E-state index contributed by atoms with van der Waals surface area (Å²) in [7, 11) is 1.27. The fraction of sp³-hybridized carbons (Fsp3) is 1.00. The molecular weight excluding hydrogens is 332 g/mol. The van der Waals surface area contributed by atoms with Gasteiger partial charge in [-0.25, -0.2) is 0 Å². The first-order valence-electron chi connectivity index (χ1n) is 7.46. The summed E-state index contributed by atoms with van der Waals surface area (Å²) in [6.45, 7) is -1.18. The van der Waals surface area contributed by atoms with Gasteiger partial charge in [0.25, 0.3) is 0 Å². The number of aliphatic hydroxyl groups is 7. The van der Waals surface area contributed by atoms with Gasteiger partial charge in [-0.15, -0.1) is 0 Å². The van der Waals surface area contributed by atoms with Gasteiger partial charge in [-0.05, 0) is 0 Å². The van der Waals surface area contributed by atoms with E-state index in [0.717, 1.165) is 0 Å². The standard InChI is InChI=1S/C13H24O11/c1-21-10-4(2-14)23-13(9(19)7(10)17)24-11-5(3-15)22-12(20)8(18)6(11)16/h4-20H,2-3H2,1H3/t4?,5?,6?,7-,8?,9?,10-,11-,12-,13+/m1/s1. The average molecular weight is 356 g/mol. The third-order valence-corrected chi connectivity index (χ3v) is 4.22. The van der Waals surface area contributed by atoms with Crippen molar-refractivity contribution in [1.82, 2.24) is 0 Å². The smallest absolute Gasteiger partial charge is 0.187 e. The minimum Gasteiger partial charge on any atom is -0.394 e. The van der Waals surface area contributed by atoms with Gasteiger partial charge in [-0.1, -0.05) is 0 Å². The molecule has 0 bridgehead atoms. The number of rotatable bonds is 5. The normalized spacial score (nSPS) is 50.0. The Morgan fingerprint density at radius 3 is 1.83 bits per heavy atom. The highest BCUT2D eigenvalue weighted by molar-refractivity contribution is 4.94. The van der Waals surface area contributed by atoms with Gasteiger partial charge >= 0.3 is 0 Å². The first-order valence-corrected chi connectivity index (χ1v) is 7.46. The van der Waals surface area contributed by atoms with Crippen LogP contribution < -0.4 is 0 Å². The van der Waals surface area contributed by atoms with Crippen LogP contribution in [0.3, 0.4) is 0 Å². The maximum absolute atomic E-state index is 10.1. The molecule has 0 aromatic rings. The molecule has 2 aliphatic rings. The Hall–Kier alpha value is -0.440. The third-order valence-electron chi connectivity index (χ3n) is 4.22. The van der Waals surface area contributed by atoms with Crippen LogP contribution in [0.4, 0.5) is 0 Å². The molecule has 10 atom stereocenters. The highest BCUT2D eigenvalue weighted by Gasteiger charge is 2.50. The average Bonchev–Trinajstić information content (AvgIpc) is 2.58. The van der Waals surface area contributed by atoms with Crippen molar-refractivity contribution in [3.63, 3.8) is 0 Å². The highest BCUT2D eigenvalue weighted by Crippen LogP contribution is 2.29. The van der Waals surface area contributed by atoms with Gasteiger partial charge in [-0.2, -0.15) is 0 Å². The van der Waals surface area contributed by atoms with Gasteiger partial charge in [0.15, 0.2) is 12.6 Å². The first kappa shape index (κ1) is 19.9. The lowest BCUT2D eigenvalue weighted by molar-refractivity contribution is -0.356. The Balaban J connectivity index is 2.12. The molecule has 2 heterocycles. The number of hydrogen-bond acceptors (Lipinski definition) is 11. The summed E-state index contributed by atoms with van der Waals surface area (Å²) < 4.78 is 20.6. The molecule has 5 unspecified atom stereocenters. The molecule has 0 amide bonds. The van der Waals surface area contributed by atoms with Crippen LogP contribution in [0.25, 0.3) is 0 Å². The largest absolute Gasteiger partial charge is 0.394 e. The van der Waals surface area contributed by atoms with E-state index in [-0.39, 0.29) is 0 Å². The van der Waals surface area contributed by atoms with Crippen molar-refractivity contribution in [3.8, 4) is 0 Å². The molecule has 2 saturated heterocycles. The quantitative estimate of drug-likeness (QED) is 0.251. The van der Waals surface area contributed by atoms with Crippen molar-refractivity contribution in [1.29, 1.82) is 0 Å². The fourth-order valence-corrected chi connectivity index (χ4v) is 2.85. The number of ether oxygens (including phenoxy) is 4. The zero-order chi connectivity index (χ0) is 18.0. The van der Waals surface area contributed by atoms with E-state index in [1.54, 1.807) is 0 Å². The van der Waals surface area contributed by atoms with E-state index in [1.165, 1.54) is 7.11 Å². The molecule has 0 saturated carbocycles. The van der Waals surface area contributed by atoms with Crippen LogP contribution in [0.2, 0.25) is 0 Å². The lowest BCUT2D eigenvalue weighted by Gasteiger charge is -2.45. The molecule has 2 fully saturated rings. The van der Waals surface area contributed by atoms with Crippen LogP contribution >= 0.6 is 0 Å². The number of hydrogen-bond donors (Lipinski definition) is 7. The molecule has 7 N–H and O–H groups in total. The first-order chi connectivity index (χ1) is 11.3. The van der Waals surface area contributed by atoms with Crippen LogP contribution in [0, 0.1) is 0 Å². The van der Waals surface area contributed by atoms with Crippen molar-refractivity contribution in [2.75, 3.05) is 20.3 Å². The van der Waals surface area contributed by atoms with Crippen LogP contribution in [-0.4, -0.2) is 117 Å². The Bertz CT molecular complexity index is 392. The van der Waals surface area contributed by atoms with E-state index < -0.39 is 74.6 Å². The van der Waals surface area contributed by atoms with Gasteiger partial charge in [0.2, 0.25) is 0 Å². The molecule has 142 valence electrons.